The summed E-state index contributed by atoms with van der Waals surface area (Å²) in [7, 11) is -1.37. The summed E-state index contributed by atoms with van der Waals surface area (Å²) in [5.41, 5.74) is 1.45. The van der Waals surface area contributed by atoms with Crippen LogP contribution >= 0.6 is 0 Å². The van der Waals surface area contributed by atoms with Crippen molar-refractivity contribution < 1.29 is 28.0 Å². The Labute approximate surface area is 128 Å². The van der Waals surface area contributed by atoms with Crippen molar-refractivity contribution in [3.8, 4) is 5.75 Å². The van der Waals surface area contributed by atoms with Gasteiger partial charge in [0.25, 0.3) is 5.91 Å². The molecule has 1 unspecified atom stereocenters. The molecule has 1 aliphatic heterocycles. The maximum absolute atomic E-state index is 13.0. The smallest absolute Gasteiger partial charge is 0.282 e. The molecule has 1 amide bonds. The second-order valence-electron chi connectivity index (χ2n) is 4.79. The highest BCUT2D eigenvalue weighted by Crippen LogP contribution is 2.39. The maximum atomic E-state index is 13.0. The average Bonchev–Trinajstić information content (AvgIpc) is 2.99. The van der Waals surface area contributed by atoms with Gasteiger partial charge in [-0.2, -0.15) is 5.06 Å². The Hall–Kier alpha value is -1.68. The molecule has 1 atom stereocenters. The number of amides is 1. The lowest BCUT2D eigenvalue weighted by atomic mass is 10.2. The number of rotatable bonds is 5. The van der Waals surface area contributed by atoms with Gasteiger partial charge in [-0.25, -0.2) is 13.9 Å². The predicted molar refractivity (Wildman–Crippen MR) is 75.8 cm³/mol. The summed E-state index contributed by atoms with van der Waals surface area (Å²) in [6.07, 6.45) is 0.457. The van der Waals surface area contributed by atoms with Crippen LogP contribution in [0.5, 0.6) is 5.75 Å². The van der Waals surface area contributed by atoms with E-state index >= 15 is 0 Å². The molecule has 22 heavy (non-hydrogen) atoms. The molecule has 0 aliphatic carbocycles. The normalized spacial score (nSPS) is 22.5. The van der Waals surface area contributed by atoms with Crippen LogP contribution in [0.2, 0.25) is 0 Å². The van der Waals surface area contributed by atoms with Crippen molar-refractivity contribution >= 4 is 15.7 Å². The number of hydroxylamine groups is 3. The summed E-state index contributed by atoms with van der Waals surface area (Å²) in [4.78, 5) is 15.2. The highest BCUT2D eigenvalue weighted by molar-refractivity contribution is 7.93. The fourth-order valence-electron chi connectivity index (χ4n) is 2.66. The molecule has 0 radical (unpaired) electrons. The first-order chi connectivity index (χ1) is 10.4. The van der Waals surface area contributed by atoms with E-state index in [1.54, 1.807) is 0 Å². The van der Waals surface area contributed by atoms with Gasteiger partial charge in [0.05, 0.1) is 19.1 Å². The van der Waals surface area contributed by atoms with E-state index in [4.69, 9.17) is 14.8 Å². The van der Waals surface area contributed by atoms with Crippen LogP contribution in [0, 0.1) is 0 Å². The second-order valence-corrected chi connectivity index (χ2v) is 6.95. The van der Waals surface area contributed by atoms with Crippen molar-refractivity contribution in [2.45, 2.75) is 22.6 Å². The molecule has 9 heteroatoms. The fraction of sp³-hybridized carbons (Fsp3) is 0.462. The quantitative estimate of drug-likeness (QED) is 0.592. The lowest BCUT2D eigenvalue weighted by Crippen LogP contribution is -2.59. The number of nitrogens with zero attached hydrogens (tertiary/aromatic N) is 1. The minimum atomic E-state index is -4.12. The lowest BCUT2D eigenvalue weighted by molar-refractivity contribution is -0.174. The minimum absolute atomic E-state index is 0.0155. The molecule has 1 aromatic rings. The molecule has 0 aromatic heterocycles. The van der Waals surface area contributed by atoms with Crippen molar-refractivity contribution in [1.82, 2.24) is 10.5 Å². The van der Waals surface area contributed by atoms with Gasteiger partial charge in [-0.05, 0) is 37.1 Å². The van der Waals surface area contributed by atoms with Crippen molar-refractivity contribution in [2.24, 2.45) is 0 Å². The summed E-state index contributed by atoms with van der Waals surface area (Å²) in [6.45, 7) is 0.263. The molecule has 122 valence electrons. The molecule has 1 fully saturated rings. The molecule has 2 N–H and O–H groups in total. The van der Waals surface area contributed by atoms with Gasteiger partial charge in [-0.1, -0.05) is 0 Å². The van der Waals surface area contributed by atoms with Crippen LogP contribution in [0.4, 0.5) is 0 Å². The Morgan fingerprint density at radius 2 is 1.95 bits per heavy atom. The molecule has 1 heterocycles. The van der Waals surface area contributed by atoms with E-state index in [0.717, 1.165) is 5.06 Å². The number of ether oxygens (including phenoxy) is 1. The van der Waals surface area contributed by atoms with Crippen molar-refractivity contribution in [3.05, 3.63) is 24.3 Å². The first-order valence-electron chi connectivity index (χ1n) is 6.59. The summed E-state index contributed by atoms with van der Waals surface area (Å²) in [5.74, 6) is -0.544. The number of hydrogen-bond acceptors (Lipinski definition) is 7. The van der Waals surface area contributed by atoms with Crippen LogP contribution < -0.4 is 10.2 Å². The third kappa shape index (κ3) is 2.35. The number of methoxy groups -OCH3 is 1. The fourth-order valence-corrected chi connectivity index (χ4v) is 4.68. The number of benzene rings is 1. The Bertz CT molecular complexity index is 645. The first kappa shape index (κ1) is 16.7. The number of carbonyl (C=O) groups is 1. The number of nitrogens with one attached hydrogen (secondary N) is 1. The monoisotopic (exact) mass is 330 g/mol. The average molecular weight is 330 g/mol. The number of carbonyl (C=O) groups excluding carboxylic acids is 1. The van der Waals surface area contributed by atoms with E-state index in [-0.39, 0.29) is 17.9 Å². The van der Waals surface area contributed by atoms with Gasteiger partial charge in [0.15, 0.2) is 0 Å². The molecule has 0 saturated carbocycles. The number of sulfone groups is 1. The van der Waals surface area contributed by atoms with E-state index in [9.17, 15) is 13.2 Å². The zero-order chi connectivity index (χ0) is 16.4. The molecular weight excluding hydrogens is 312 g/mol. The lowest BCUT2D eigenvalue weighted by Gasteiger charge is -2.33. The van der Waals surface area contributed by atoms with E-state index < -0.39 is 20.6 Å². The second kappa shape index (κ2) is 6.21. The third-order valence-electron chi connectivity index (χ3n) is 3.77. The van der Waals surface area contributed by atoms with Crippen molar-refractivity contribution in [2.75, 3.05) is 20.8 Å². The molecule has 8 nitrogen and oxygen atoms in total. The standard InChI is InChI=1S/C13H18N2O6S/c1-20-10-4-6-11(7-5-10)22(18,19)13(12(16)14-17)8-3-9-15(13)21-2/h4-7,17H,3,8-9H2,1-2H3,(H,14,16). The zero-order valence-corrected chi connectivity index (χ0v) is 13.1. The maximum Gasteiger partial charge on any atom is 0.282 e. The predicted octanol–water partition coefficient (Wildman–Crippen LogP) is 0.328. The summed E-state index contributed by atoms with van der Waals surface area (Å²) in [6, 6.07) is 5.69. The van der Waals surface area contributed by atoms with E-state index in [1.165, 1.54) is 44.0 Å². The molecule has 0 bridgehead atoms. The molecule has 2 rings (SSSR count). The topological polar surface area (TPSA) is 105 Å². The molecular formula is C13H18N2O6S. The SMILES string of the molecule is COc1ccc(S(=O)(=O)C2(C(=O)NO)CCCN2OC)cc1. The van der Waals surface area contributed by atoms with Crippen molar-refractivity contribution in [1.29, 1.82) is 0 Å². The Morgan fingerprint density at radius 3 is 2.45 bits per heavy atom. The van der Waals surface area contributed by atoms with E-state index in [2.05, 4.69) is 0 Å². The van der Waals surface area contributed by atoms with E-state index in [0.29, 0.717) is 12.2 Å². The Kier molecular flexibility index (Phi) is 4.71. The van der Waals surface area contributed by atoms with Crippen LogP contribution in [0.15, 0.2) is 29.2 Å². The third-order valence-corrected chi connectivity index (χ3v) is 6.15. The molecule has 0 spiro atoms. The van der Waals surface area contributed by atoms with Gasteiger partial charge in [0.2, 0.25) is 14.7 Å². The molecule has 1 saturated heterocycles. The number of hydrogen-bond donors (Lipinski definition) is 2. The van der Waals surface area contributed by atoms with Gasteiger partial charge in [0, 0.05) is 6.54 Å². The van der Waals surface area contributed by atoms with Gasteiger partial charge in [-0.15, -0.1) is 0 Å². The highest BCUT2D eigenvalue weighted by atomic mass is 32.2. The zero-order valence-electron chi connectivity index (χ0n) is 12.3. The molecule has 1 aliphatic rings. The van der Waals surface area contributed by atoms with Crippen LogP contribution in [-0.2, 0) is 19.5 Å². The summed E-state index contributed by atoms with van der Waals surface area (Å²) < 4.78 is 31.0. The minimum Gasteiger partial charge on any atom is -0.497 e. The van der Waals surface area contributed by atoms with Gasteiger partial charge < -0.3 is 9.57 Å². The van der Waals surface area contributed by atoms with Crippen LogP contribution in [0.1, 0.15) is 12.8 Å². The Morgan fingerprint density at radius 1 is 1.32 bits per heavy atom. The van der Waals surface area contributed by atoms with Crippen molar-refractivity contribution in [3.63, 3.8) is 0 Å². The largest absolute Gasteiger partial charge is 0.497 e. The van der Waals surface area contributed by atoms with Gasteiger partial charge >= 0.3 is 0 Å². The van der Waals surface area contributed by atoms with Crippen LogP contribution in [0.3, 0.4) is 0 Å². The first-order valence-corrected chi connectivity index (χ1v) is 8.07. The van der Waals surface area contributed by atoms with Gasteiger partial charge in [-0.3, -0.25) is 10.0 Å². The van der Waals surface area contributed by atoms with Gasteiger partial charge in [0.1, 0.15) is 5.75 Å². The van der Waals surface area contributed by atoms with Crippen LogP contribution in [-0.4, -0.2) is 50.2 Å². The van der Waals surface area contributed by atoms with E-state index in [1.807, 2.05) is 0 Å². The van der Waals surface area contributed by atoms with Crippen LogP contribution in [0.25, 0.3) is 0 Å². The highest BCUT2D eigenvalue weighted by Gasteiger charge is 2.59. The Balaban J connectivity index is 2.56. The summed E-state index contributed by atoms with van der Waals surface area (Å²) >= 11 is 0. The summed E-state index contributed by atoms with van der Waals surface area (Å²) in [5, 5.41) is 10.1. The molecule has 1 aromatic carbocycles.